The van der Waals surface area contributed by atoms with Gasteiger partial charge in [0, 0.05) is 32.9 Å². The summed E-state index contributed by atoms with van der Waals surface area (Å²) in [4.78, 5) is 7.64. The number of aromatic nitrogens is 2. The summed E-state index contributed by atoms with van der Waals surface area (Å²) in [5.41, 5.74) is 11.1. The first kappa shape index (κ1) is 27.4. The molecule has 0 fully saturated rings. The Bertz CT molecular complexity index is 2790. The fraction of sp³-hybridized carbons (Fsp3) is 0. The van der Waals surface area contributed by atoms with Gasteiger partial charge in [-0.15, -0.1) is 0 Å². The molecule has 0 unspecified atom stereocenters. The molecule has 48 heavy (non-hydrogen) atoms. The minimum Gasteiger partial charge on any atom is -0.309 e. The zero-order chi connectivity index (χ0) is 32.2. The maximum atomic E-state index is 8.14. The van der Waals surface area contributed by atoms with E-state index in [1.807, 2.05) is 24.3 Å². The lowest BCUT2D eigenvalue weighted by molar-refractivity contribution is 1.18. The van der Waals surface area contributed by atoms with E-state index in [4.69, 9.17) is 13.1 Å². The number of nitrogens with zero attached hydrogens (tertiary/aromatic N) is 4. The normalized spacial score (nSPS) is 11.3. The van der Waals surface area contributed by atoms with E-state index in [1.165, 1.54) is 10.8 Å². The molecule has 0 saturated carbocycles. The number of hydrogen-bond donors (Lipinski definition) is 0. The van der Waals surface area contributed by atoms with Crippen molar-refractivity contribution in [2.45, 2.75) is 0 Å². The van der Waals surface area contributed by atoms with Crippen LogP contribution in [-0.4, -0.2) is 9.13 Å². The highest BCUT2D eigenvalue weighted by Crippen LogP contribution is 2.46. The Morgan fingerprint density at radius 1 is 0.396 bits per heavy atom. The van der Waals surface area contributed by atoms with Crippen LogP contribution < -0.4 is 0 Å². The Labute approximate surface area is 277 Å². The molecule has 222 valence electrons. The second-order valence-corrected chi connectivity index (χ2v) is 11.9. The van der Waals surface area contributed by atoms with E-state index in [9.17, 15) is 0 Å². The Balaban J connectivity index is 1.39. The van der Waals surface area contributed by atoms with Crippen LogP contribution in [-0.2, 0) is 0 Å². The Kier molecular flexibility index (Phi) is 6.22. The third-order valence-corrected chi connectivity index (χ3v) is 9.34. The molecule has 0 aliphatic heterocycles. The van der Waals surface area contributed by atoms with Crippen molar-refractivity contribution >= 4 is 55.0 Å². The van der Waals surface area contributed by atoms with E-state index in [0.717, 1.165) is 66.5 Å². The summed E-state index contributed by atoms with van der Waals surface area (Å²) >= 11 is 0. The van der Waals surface area contributed by atoms with Crippen molar-refractivity contribution in [3.63, 3.8) is 0 Å². The molecule has 9 rings (SSSR count). The number of rotatable bonds is 4. The van der Waals surface area contributed by atoms with Gasteiger partial charge in [0.2, 0.25) is 5.69 Å². The highest BCUT2D eigenvalue weighted by molar-refractivity contribution is 6.17. The monoisotopic (exact) mass is 610 g/mol. The molecule has 0 atom stereocenters. The molecule has 0 radical (unpaired) electrons. The van der Waals surface area contributed by atoms with Gasteiger partial charge in [-0.1, -0.05) is 97.1 Å². The van der Waals surface area contributed by atoms with Crippen molar-refractivity contribution in [2.24, 2.45) is 0 Å². The van der Waals surface area contributed by atoms with Crippen LogP contribution in [0.2, 0.25) is 0 Å². The molecule has 0 saturated heterocycles. The number of fused-ring (bicyclic) bond motifs is 6. The summed E-state index contributed by atoms with van der Waals surface area (Å²) in [6.07, 6.45) is 0. The molecule has 4 nitrogen and oxygen atoms in total. The number of hydrogen-bond acceptors (Lipinski definition) is 0. The summed E-state index contributed by atoms with van der Waals surface area (Å²) in [7, 11) is 0. The van der Waals surface area contributed by atoms with E-state index in [1.54, 1.807) is 6.07 Å². The quantitative estimate of drug-likeness (QED) is 0.177. The van der Waals surface area contributed by atoms with Gasteiger partial charge in [0.15, 0.2) is 5.69 Å². The van der Waals surface area contributed by atoms with Crippen molar-refractivity contribution in [2.75, 3.05) is 0 Å². The number of para-hydroxylation sites is 5. The molecular formula is C44H26N4. The van der Waals surface area contributed by atoms with E-state index in [-0.39, 0.29) is 0 Å². The average molecular weight is 611 g/mol. The van der Waals surface area contributed by atoms with Gasteiger partial charge < -0.3 is 9.13 Å². The van der Waals surface area contributed by atoms with Crippen LogP contribution in [0.4, 0.5) is 11.4 Å². The summed E-state index contributed by atoms with van der Waals surface area (Å²) < 4.78 is 4.62. The second-order valence-electron chi connectivity index (χ2n) is 11.9. The zero-order valence-electron chi connectivity index (χ0n) is 25.8. The fourth-order valence-corrected chi connectivity index (χ4v) is 7.28. The van der Waals surface area contributed by atoms with Crippen molar-refractivity contribution in [1.29, 1.82) is 0 Å². The van der Waals surface area contributed by atoms with Crippen LogP contribution in [0.3, 0.4) is 0 Å². The highest BCUT2D eigenvalue weighted by atomic mass is 15.0. The third-order valence-electron chi connectivity index (χ3n) is 9.34. The van der Waals surface area contributed by atoms with Crippen molar-refractivity contribution in [3.8, 4) is 33.6 Å². The molecule has 0 spiro atoms. The van der Waals surface area contributed by atoms with Crippen molar-refractivity contribution in [1.82, 2.24) is 9.13 Å². The first-order chi connectivity index (χ1) is 23.7. The topological polar surface area (TPSA) is 18.6 Å². The van der Waals surface area contributed by atoms with Crippen LogP contribution >= 0.6 is 0 Å². The molecular weight excluding hydrogens is 585 g/mol. The van der Waals surface area contributed by atoms with Gasteiger partial charge in [0.25, 0.3) is 0 Å². The molecule has 0 aliphatic carbocycles. The van der Waals surface area contributed by atoms with Crippen LogP contribution in [0.25, 0.3) is 86.9 Å². The van der Waals surface area contributed by atoms with Gasteiger partial charge >= 0.3 is 0 Å². The van der Waals surface area contributed by atoms with E-state index in [0.29, 0.717) is 11.4 Å². The minimum absolute atomic E-state index is 0.360. The molecule has 7 aromatic carbocycles. The molecule has 9 aromatic rings. The largest absolute Gasteiger partial charge is 0.309 e. The summed E-state index contributed by atoms with van der Waals surface area (Å²) in [5.74, 6) is 0. The number of benzene rings is 7. The average Bonchev–Trinajstić information content (AvgIpc) is 3.67. The van der Waals surface area contributed by atoms with E-state index in [2.05, 4.69) is 146 Å². The fourth-order valence-electron chi connectivity index (χ4n) is 7.28. The standard InChI is InChI=1S/C44H26N4/c1-45-39-21-13-20-35(43(39)46-2)38-28-30(27-37-34-19-10-12-23-41(34)48(44(37)38)32-16-7-4-8-17-32)29-24-25-42-36(26-29)33-18-9-11-22-40(33)47(42)31-14-5-3-6-15-31/h3-28H. The van der Waals surface area contributed by atoms with Crippen molar-refractivity contribution in [3.05, 3.63) is 181 Å². The molecule has 2 aromatic heterocycles. The molecule has 0 bridgehead atoms. The van der Waals surface area contributed by atoms with Crippen LogP contribution in [0.15, 0.2) is 158 Å². The molecule has 0 amide bonds. The lowest BCUT2D eigenvalue weighted by Crippen LogP contribution is -1.96. The Morgan fingerprint density at radius 3 is 1.67 bits per heavy atom. The first-order valence-electron chi connectivity index (χ1n) is 15.8. The highest BCUT2D eigenvalue weighted by Gasteiger charge is 2.21. The van der Waals surface area contributed by atoms with Gasteiger partial charge in [0.1, 0.15) is 0 Å². The van der Waals surface area contributed by atoms with E-state index < -0.39 is 0 Å². The second kappa shape index (κ2) is 10.9. The van der Waals surface area contributed by atoms with Gasteiger partial charge in [-0.3, -0.25) is 4.85 Å². The summed E-state index contributed by atoms with van der Waals surface area (Å²) in [6.45, 7) is 16.0. The third kappa shape index (κ3) is 4.07. The van der Waals surface area contributed by atoms with Crippen molar-refractivity contribution < 1.29 is 0 Å². The zero-order valence-corrected chi connectivity index (χ0v) is 25.8. The SMILES string of the molecule is [C-]#[N+]c1cccc(-c2cc(-c3ccc4c(c3)c3ccccc3n4-c3ccccc3)cc3c4ccccc4n(-c4ccccc4)c23)c1[N+]#[C-]. The first-order valence-corrected chi connectivity index (χ1v) is 15.8. The molecule has 0 aliphatic rings. The molecule has 0 N–H and O–H groups in total. The predicted octanol–water partition coefficient (Wildman–Crippen LogP) is 12.3. The van der Waals surface area contributed by atoms with Crippen LogP contribution in [0.5, 0.6) is 0 Å². The van der Waals surface area contributed by atoms with Gasteiger partial charge in [-0.25, -0.2) is 4.85 Å². The Morgan fingerprint density at radius 2 is 0.979 bits per heavy atom. The summed E-state index contributed by atoms with van der Waals surface area (Å²) in [5, 5.41) is 4.60. The van der Waals surface area contributed by atoms with Crippen LogP contribution in [0.1, 0.15) is 0 Å². The predicted molar refractivity (Wildman–Crippen MR) is 199 cm³/mol. The lowest BCUT2D eigenvalue weighted by atomic mass is 9.93. The Hall–Kier alpha value is -6.88. The van der Waals surface area contributed by atoms with Gasteiger partial charge in [0.05, 0.1) is 35.2 Å². The molecule has 2 heterocycles. The van der Waals surface area contributed by atoms with Gasteiger partial charge in [-0.05, 0) is 82.9 Å². The maximum Gasteiger partial charge on any atom is 0.202 e. The smallest absolute Gasteiger partial charge is 0.202 e. The lowest BCUT2D eigenvalue weighted by Gasteiger charge is -2.15. The van der Waals surface area contributed by atoms with Gasteiger partial charge in [-0.2, -0.15) is 0 Å². The summed E-state index contributed by atoms with van der Waals surface area (Å²) in [6, 6.07) is 54.7. The maximum absolute atomic E-state index is 8.14. The van der Waals surface area contributed by atoms with E-state index >= 15 is 0 Å². The van der Waals surface area contributed by atoms with Crippen LogP contribution in [0, 0.1) is 13.1 Å². The minimum atomic E-state index is 0.360. The molecule has 4 heteroatoms.